The average Bonchev–Trinajstić information content (AvgIpc) is 3.06. The van der Waals surface area contributed by atoms with Crippen molar-refractivity contribution in [1.82, 2.24) is 24.5 Å². The van der Waals surface area contributed by atoms with E-state index in [4.69, 9.17) is 12.2 Å². The fourth-order valence-corrected chi connectivity index (χ4v) is 2.49. The topological polar surface area (TPSA) is 54.7 Å². The predicted molar refractivity (Wildman–Crippen MR) is 84.1 cm³/mol. The maximum atomic E-state index is 5.34. The molecule has 0 fully saturated rings. The molecule has 2 aromatic heterocycles. The predicted octanol–water partition coefficient (Wildman–Crippen LogP) is 2.30. The van der Waals surface area contributed by atoms with E-state index in [1.54, 1.807) is 4.68 Å². The molecular weight excluding hydrogens is 284 g/mol. The van der Waals surface area contributed by atoms with E-state index in [9.17, 15) is 0 Å². The minimum atomic E-state index is 0.578. The molecule has 1 aromatic carbocycles. The van der Waals surface area contributed by atoms with Crippen LogP contribution in [0.4, 0.5) is 5.95 Å². The number of aryl methyl sites for hydroxylation is 1. The maximum absolute atomic E-state index is 5.34. The molecular formula is C14H16N6S. The zero-order valence-electron chi connectivity index (χ0n) is 11.9. The lowest BCUT2D eigenvalue weighted by atomic mass is 10.3. The van der Waals surface area contributed by atoms with Gasteiger partial charge in [-0.3, -0.25) is 9.25 Å². The Morgan fingerprint density at radius 2 is 2.05 bits per heavy atom. The molecule has 0 saturated heterocycles. The van der Waals surface area contributed by atoms with Gasteiger partial charge in [0.15, 0.2) is 0 Å². The summed E-state index contributed by atoms with van der Waals surface area (Å²) in [5, 5.41) is 11.4. The molecule has 0 aliphatic rings. The molecule has 2 heterocycles. The molecule has 7 heteroatoms. The van der Waals surface area contributed by atoms with Crippen LogP contribution in [0.3, 0.4) is 0 Å². The van der Waals surface area contributed by atoms with Crippen molar-refractivity contribution in [3.8, 4) is 5.69 Å². The lowest BCUT2D eigenvalue weighted by Crippen LogP contribution is -2.20. The number of hydrogen-bond acceptors (Lipinski definition) is 4. The Labute approximate surface area is 127 Å². The molecule has 3 aromatic rings. The van der Waals surface area contributed by atoms with Crippen LogP contribution in [0.2, 0.25) is 0 Å². The van der Waals surface area contributed by atoms with Crippen LogP contribution < -0.4 is 4.90 Å². The number of nitrogens with zero attached hydrogens (tertiary/aromatic N) is 5. The van der Waals surface area contributed by atoms with Crippen LogP contribution in [0.5, 0.6) is 0 Å². The van der Waals surface area contributed by atoms with Crippen molar-refractivity contribution < 1.29 is 0 Å². The van der Waals surface area contributed by atoms with E-state index in [0.717, 1.165) is 17.2 Å². The van der Waals surface area contributed by atoms with E-state index in [1.165, 1.54) is 0 Å². The zero-order chi connectivity index (χ0) is 14.8. The molecule has 0 radical (unpaired) electrons. The lowest BCUT2D eigenvalue weighted by molar-refractivity contribution is 0.765. The lowest BCUT2D eigenvalue weighted by Gasteiger charge is -2.18. The minimum absolute atomic E-state index is 0.578. The molecule has 0 unspecified atom stereocenters. The molecule has 108 valence electrons. The van der Waals surface area contributed by atoms with Gasteiger partial charge in [0.2, 0.25) is 10.7 Å². The summed E-state index contributed by atoms with van der Waals surface area (Å²) in [6, 6.07) is 9.95. The molecule has 0 spiro atoms. The van der Waals surface area contributed by atoms with Crippen molar-refractivity contribution >= 4 is 18.2 Å². The Kier molecular flexibility index (Phi) is 3.57. The van der Waals surface area contributed by atoms with Gasteiger partial charge < -0.3 is 4.90 Å². The first kappa shape index (κ1) is 13.6. The van der Waals surface area contributed by atoms with Crippen molar-refractivity contribution in [2.24, 2.45) is 7.05 Å². The van der Waals surface area contributed by atoms with Gasteiger partial charge in [-0.25, -0.2) is 5.10 Å². The highest BCUT2D eigenvalue weighted by molar-refractivity contribution is 7.71. The van der Waals surface area contributed by atoms with Gasteiger partial charge in [0, 0.05) is 32.4 Å². The summed E-state index contributed by atoms with van der Waals surface area (Å²) >= 11 is 5.34. The quantitative estimate of drug-likeness (QED) is 0.751. The number of nitrogens with one attached hydrogen (secondary N) is 1. The smallest absolute Gasteiger partial charge is 0.230 e. The number of aromatic amines is 1. The Balaban J connectivity index is 1.94. The van der Waals surface area contributed by atoms with Crippen molar-refractivity contribution in [3.63, 3.8) is 0 Å². The zero-order valence-corrected chi connectivity index (χ0v) is 12.7. The van der Waals surface area contributed by atoms with Crippen molar-refractivity contribution in [1.29, 1.82) is 0 Å². The Bertz CT molecular complexity index is 785. The number of hydrogen-bond donors (Lipinski definition) is 1. The third-order valence-corrected chi connectivity index (χ3v) is 3.46. The van der Waals surface area contributed by atoms with Crippen LogP contribution in [0.25, 0.3) is 5.69 Å². The molecule has 21 heavy (non-hydrogen) atoms. The fourth-order valence-electron chi connectivity index (χ4n) is 2.25. The number of para-hydroxylation sites is 1. The standard InChI is InChI=1S/C14H16N6S/c1-18(9-11-8-15-19(2)10-11)13-16-17-14(21)20(13)12-6-4-3-5-7-12/h3-8,10H,9H2,1-2H3,(H,17,21). The molecule has 1 N–H and O–H groups in total. The first-order chi connectivity index (χ1) is 10.1. The molecule has 0 atom stereocenters. The number of rotatable bonds is 4. The second kappa shape index (κ2) is 5.53. The van der Waals surface area contributed by atoms with E-state index in [0.29, 0.717) is 11.3 Å². The van der Waals surface area contributed by atoms with Crippen LogP contribution in [-0.2, 0) is 13.6 Å². The van der Waals surface area contributed by atoms with Gasteiger partial charge in [-0.1, -0.05) is 18.2 Å². The summed E-state index contributed by atoms with van der Waals surface area (Å²) in [5.41, 5.74) is 2.11. The van der Waals surface area contributed by atoms with E-state index in [2.05, 4.69) is 15.3 Å². The first-order valence-corrected chi connectivity index (χ1v) is 6.97. The third kappa shape index (κ3) is 2.73. The van der Waals surface area contributed by atoms with E-state index < -0.39 is 0 Å². The second-order valence-electron chi connectivity index (χ2n) is 4.88. The fraction of sp³-hybridized carbons (Fsp3) is 0.214. The minimum Gasteiger partial charge on any atom is -0.339 e. The molecule has 0 amide bonds. The number of benzene rings is 1. The third-order valence-electron chi connectivity index (χ3n) is 3.19. The van der Waals surface area contributed by atoms with Gasteiger partial charge in [0.1, 0.15) is 0 Å². The van der Waals surface area contributed by atoms with Gasteiger partial charge in [0.25, 0.3) is 0 Å². The van der Waals surface area contributed by atoms with Crippen molar-refractivity contribution in [2.75, 3.05) is 11.9 Å². The van der Waals surface area contributed by atoms with Crippen LogP contribution in [-0.4, -0.2) is 31.6 Å². The van der Waals surface area contributed by atoms with Gasteiger partial charge >= 0.3 is 0 Å². The molecule has 0 aliphatic carbocycles. The van der Waals surface area contributed by atoms with Gasteiger partial charge in [-0.05, 0) is 24.4 Å². The van der Waals surface area contributed by atoms with E-state index in [1.807, 2.05) is 66.3 Å². The number of anilines is 1. The van der Waals surface area contributed by atoms with Crippen molar-refractivity contribution in [3.05, 3.63) is 53.1 Å². The second-order valence-corrected chi connectivity index (χ2v) is 5.26. The Morgan fingerprint density at radius 1 is 1.29 bits per heavy atom. The summed E-state index contributed by atoms with van der Waals surface area (Å²) in [4.78, 5) is 2.04. The molecule has 0 saturated carbocycles. The Morgan fingerprint density at radius 3 is 2.71 bits per heavy atom. The molecule has 6 nitrogen and oxygen atoms in total. The summed E-state index contributed by atoms with van der Waals surface area (Å²) in [6.07, 6.45) is 3.84. The highest BCUT2D eigenvalue weighted by Gasteiger charge is 2.13. The molecule has 0 bridgehead atoms. The maximum Gasteiger partial charge on any atom is 0.230 e. The summed E-state index contributed by atoms with van der Waals surface area (Å²) in [5.74, 6) is 0.773. The van der Waals surface area contributed by atoms with Gasteiger partial charge in [0.05, 0.1) is 11.9 Å². The molecule has 0 aliphatic heterocycles. The van der Waals surface area contributed by atoms with Crippen LogP contribution in [0.1, 0.15) is 5.56 Å². The number of H-pyrrole nitrogens is 1. The van der Waals surface area contributed by atoms with Gasteiger partial charge in [-0.15, -0.1) is 5.10 Å². The normalized spacial score (nSPS) is 10.8. The van der Waals surface area contributed by atoms with Crippen LogP contribution in [0.15, 0.2) is 42.7 Å². The Hall–Kier alpha value is -2.41. The van der Waals surface area contributed by atoms with Crippen molar-refractivity contribution in [2.45, 2.75) is 6.54 Å². The number of aromatic nitrogens is 5. The monoisotopic (exact) mass is 300 g/mol. The van der Waals surface area contributed by atoms with Crippen LogP contribution in [0, 0.1) is 4.77 Å². The first-order valence-electron chi connectivity index (χ1n) is 6.56. The SMILES string of the molecule is CN(Cc1cnn(C)c1)c1n[nH]c(=S)n1-c1ccccc1. The van der Waals surface area contributed by atoms with Gasteiger partial charge in [-0.2, -0.15) is 5.10 Å². The average molecular weight is 300 g/mol. The summed E-state index contributed by atoms with van der Waals surface area (Å²) in [6.45, 7) is 0.709. The van der Waals surface area contributed by atoms with E-state index >= 15 is 0 Å². The molecule has 3 rings (SSSR count). The highest BCUT2D eigenvalue weighted by atomic mass is 32.1. The highest BCUT2D eigenvalue weighted by Crippen LogP contribution is 2.18. The largest absolute Gasteiger partial charge is 0.339 e. The van der Waals surface area contributed by atoms with Crippen LogP contribution >= 0.6 is 12.2 Å². The summed E-state index contributed by atoms with van der Waals surface area (Å²) in [7, 11) is 3.89. The van der Waals surface area contributed by atoms with E-state index in [-0.39, 0.29) is 0 Å². The summed E-state index contributed by atoms with van der Waals surface area (Å²) < 4.78 is 4.29.